The molecule has 5 heteroatoms. The van der Waals surface area contributed by atoms with Crippen molar-refractivity contribution in [1.29, 1.82) is 0 Å². The normalized spacial score (nSPS) is 10.2. The van der Waals surface area contributed by atoms with Gasteiger partial charge in [-0.1, -0.05) is 37.9 Å². The van der Waals surface area contributed by atoms with Gasteiger partial charge in [0.25, 0.3) is 5.91 Å². The molecule has 1 N–H and O–H groups in total. The zero-order valence-corrected chi connectivity index (χ0v) is 14.2. The molecule has 2 aromatic carbocycles. The quantitative estimate of drug-likeness (QED) is 0.807. The summed E-state index contributed by atoms with van der Waals surface area (Å²) in [6, 6.07) is 10.9. The van der Waals surface area contributed by atoms with E-state index in [1.807, 2.05) is 25.1 Å². The molecule has 0 fully saturated rings. The molecular formula is C15H13Br2NO2. The monoisotopic (exact) mass is 397 g/mol. The topological polar surface area (TPSA) is 38.3 Å². The van der Waals surface area contributed by atoms with Gasteiger partial charge in [-0.15, -0.1) is 0 Å². The molecule has 0 saturated heterocycles. The van der Waals surface area contributed by atoms with Crippen LogP contribution in [0.1, 0.15) is 15.9 Å². The number of carbonyl (C=O) groups excluding carboxylic acids is 1. The number of aryl methyl sites for hydroxylation is 1. The van der Waals surface area contributed by atoms with Gasteiger partial charge in [0.15, 0.2) is 0 Å². The van der Waals surface area contributed by atoms with Crippen LogP contribution in [0.4, 0.5) is 5.69 Å². The molecule has 0 aliphatic carbocycles. The minimum Gasteiger partial charge on any atom is -0.497 e. The highest BCUT2D eigenvalue weighted by molar-refractivity contribution is 9.10. The summed E-state index contributed by atoms with van der Waals surface area (Å²) in [6.45, 7) is 1.98. The second kappa shape index (κ2) is 6.41. The lowest BCUT2D eigenvalue weighted by atomic mass is 10.1. The average Bonchev–Trinajstić information content (AvgIpc) is 2.41. The van der Waals surface area contributed by atoms with Gasteiger partial charge >= 0.3 is 0 Å². The Morgan fingerprint density at radius 2 is 1.90 bits per heavy atom. The van der Waals surface area contributed by atoms with Crippen LogP contribution in [0.5, 0.6) is 5.75 Å². The van der Waals surface area contributed by atoms with Gasteiger partial charge in [0.05, 0.1) is 7.11 Å². The summed E-state index contributed by atoms with van der Waals surface area (Å²) in [7, 11) is 1.59. The fourth-order valence-electron chi connectivity index (χ4n) is 1.69. The highest BCUT2D eigenvalue weighted by Crippen LogP contribution is 2.25. The fourth-order valence-corrected chi connectivity index (χ4v) is 2.54. The number of halogens is 2. The molecule has 3 nitrogen and oxygen atoms in total. The van der Waals surface area contributed by atoms with Crippen LogP contribution in [-0.4, -0.2) is 13.0 Å². The first-order chi connectivity index (χ1) is 9.49. The largest absolute Gasteiger partial charge is 0.497 e. The van der Waals surface area contributed by atoms with Crippen molar-refractivity contribution >= 4 is 43.5 Å². The van der Waals surface area contributed by atoms with Gasteiger partial charge in [-0.25, -0.2) is 0 Å². The third-order valence-corrected chi connectivity index (χ3v) is 4.11. The molecule has 0 radical (unpaired) electrons. The molecular weight excluding hydrogens is 386 g/mol. The van der Waals surface area contributed by atoms with Gasteiger partial charge in [-0.2, -0.15) is 0 Å². The summed E-state index contributed by atoms with van der Waals surface area (Å²) in [5.41, 5.74) is 2.37. The highest BCUT2D eigenvalue weighted by atomic mass is 79.9. The Labute approximate surface area is 134 Å². The molecule has 0 spiro atoms. The molecule has 1 amide bonds. The zero-order valence-electron chi connectivity index (χ0n) is 11.0. The van der Waals surface area contributed by atoms with Gasteiger partial charge in [-0.3, -0.25) is 4.79 Å². The number of anilines is 1. The molecule has 104 valence electrons. The minimum atomic E-state index is -0.161. The van der Waals surface area contributed by atoms with Crippen LogP contribution in [0.2, 0.25) is 0 Å². The fraction of sp³-hybridized carbons (Fsp3) is 0.133. The summed E-state index contributed by atoms with van der Waals surface area (Å²) >= 11 is 6.81. The number of ether oxygens (including phenoxy) is 1. The average molecular weight is 399 g/mol. The van der Waals surface area contributed by atoms with Gasteiger partial charge in [0.2, 0.25) is 0 Å². The molecule has 0 aliphatic heterocycles. The van der Waals surface area contributed by atoms with Crippen LogP contribution < -0.4 is 10.1 Å². The standard InChI is InChI=1S/C15H13Br2NO2/c1-9-3-4-10(5-14(9)17)15(19)18-12-6-11(16)7-13(8-12)20-2/h3-8H,1-2H3,(H,18,19). The first-order valence-electron chi connectivity index (χ1n) is 5.91. The number of nitrogens with one attached hydrogen (secondary N) is 1. The summed E-state index contributed by atoms with van der Waals surface area (Å²) in [6.07, 6.45) is 0. The summed E-state index contributed by atoms with van der Waals surface area (Å²) < 4.78 is 6.93. The lowest BCUT2D eigenvalue weighted by molar-refractivity contribution is 0.102. The van der Waals surface area contributed by atoms with Crippen LogP contribution >= 0.6 is 31.9 Å². The highest BCUT2D eigenvalue weighted by Gasteiger charge is 2.09. The third kappa shape index (κ3) is 3.61. The number of methoxy groups -OCH3 is 1. The van der Waals surface area contributed by atoms with Crippen molar-refractivity contribution in [2.75, 3.05) is 12.4 Å². The van der Waals surface area contributed by atoms with E-state index < -0.39 is 0 Å². The van der Waals surface area contributed by atoms with Gasteiger partial charge in [0.1, 0.15) is 5.75 Å². The zero-order chi connectivity index (χ0) is 14.7. The number of hydrogen-bond acceptors (Lipinski definition) is 2. The molecule has 0 atom stereocenters. The Hall–Kier alpha value is -1.33. The van der Waals surface area contributed by atoms with E-state index in [9.17, 15) is 4.79 Å². The Morgan fingerprint density at radius 3 is 2.55 bits per heavy atom. The van der Waals surface area contributed by atoms with Crippen LogP contribution in [0.15, 0.2) is 45.3 Å². The summed E-state index contributed by atoms with van der Waals surface area (Å²) in [5, 5.41) is 2.85. The molecule has 2 aromatic rings. The third-order valence-electron chi connectivity index (χ3n) is 2.80. The number of hydrogen-bond donors (Lipinski definition) is 1. The van der Waals surface area contributed by atoms with Crippen molar-refractivity contribution in [2.24, 2.45) is 0 Å². The molecule has 0 aliphatic rings. The van der Waals surface area contributed by atoms with Crippen LogP contribution in [0.3, 0.4) is 0 Å². The first-order valence-corrected chi connectivity index (χ1v) is 7.50. The molecule has 0 heterocycles. The van der Waals surface area contributed by atoms with Gasteiger partial charge < -0.3 is 10.1 Å². The lowest BCUT2D eigenvalue weighted by Gasteiger charge is -2.09. The van der Waals surface area contributed by atoms with Crippen LogP contribution in [0, 0.1) is 6.92 Å². The minimum absolute atomic E-state index is 0.161. The molecule has 0 saturated carbocycles. The lowest BCUT2D eigenvalue weighted by Crippen LogP contribution is -2.12. The maximum atomic E-state index is 12.2. The number of benzene rings is 2. The second-order valence-corrected chi connectivity index (χ2v) is 6.07. The second-order valence-electron chi connectivity index (χ2n) is 4.30. The Bertz CT molecular complexity index is 656. The van der Waals surface area contributed by atoms with E-state index >= 15 is 0 Å². The first kappa shape index (κ1) is 15.1. The molecule has 0 bridgehead atoms. The number of rotatable bonds is 3. The molecule has 0 unspecified atom stereocenters. The van der Waals surface area contributed by atoms with E-state index in [1.54, 1.807) is 25.3 Å². The van der Waals surface area contributed by atoms with E-state index in [0.29, 0.717) is 17.0 Å². The predicted molar refractivity (Wildman–Crippen MR) is 87.5 cm³/mol. The van der Waals surface area contributed by atoms with Crippen molar-refractivity contribution in [3.05, 3.63) is 56.5 Å². The van der Waals surface area contributed by atoms with Gasteiger partial charge in [0, 0.05) is 26.3 Å². The van der Waals surface area contributed by atoms with E-state index in [0.717, 1.165) is 14.5 Å². The van der Waals surface area contributed by atoms with E-state index in [-0.39, 0.29) is 5.91 Å². The van der Waals surface area contributed by atoms with E-state index in [2.05, 4.69) is 37.2 Å². The van der Waals surface area contributed by atoms with E-state index in [4.69, 9.17) is 4.74 Å². The smallest absolute Gasteiger partial charge is 0.255 e. The maximum absolute atomic E-state index is 12.2. The van der Waals surface area contributed by atoms with Crippen molar-refractivity contribution in [3.8, 4) is 5.75 Å². The van der Waals surface area contributed by atoms with Crippen molar-refractivity contribution in [2.45, 2.75) is 6.92 Å². The van der Waals surface area contributed by atoms with Crippen molar-refractivity contribution in [3.63, 3.8) is 0 Å². The molecule has 20 heavy (non-hydrogen) atoms. The number of amides is 1. The predicted octanol–water partition coefficient (Wildman–Crippen LogP) is 4.78. The Kier molecular flexibility index (Phi) is 4.83. The van der Waals surface area contributed by atoms with Crippen LogP contribution in [-0.2, 0) is 0 Å². The van der Waals surface area contributed by atoms with Crippen LogP contribution in [0.25, 0.3) is 0 Å². The Morgan fingerprint density at radius 1 is 1.15 bits per heavy atom. The molecule has 0 aromatic heterocycles. The molecule has 2 rings (SSSR count). The Balaban J connectivity index is 2.23. The van der Waals surface area contributed by atoms with Crippen molar-refractivity contribution in [1.82, 2.24) is 0 Å². The summed E-state index contributed by atoms with van der Waals surface area (Å²) in [4.78, 5) is 12.2. The maximum Gasteiger partial charge on any atom is 0.255 e. The van der Waals surface area contributed by atoms with Crippen molar-refractivity contribution < 1.29 is 9.53 Å². The SMILES string of the molecule is COc1cc(Br)cc(NC(=O)c2ccc(C)c(Br)c2)c1. The van der Waals surface area contributed by atoms with E-state index in [1.165, 1.54) is 0 Å². The summed E-state index contributed by atoms with van der Waals surface area (Å²) in [5.74, 6) is 0.519. The van der Waals surface area contributed by atoms with Gasteiger partial charge in [-0.05, 0) is 36.8 Å². The number of carbonyl (C=O) groups is 1.